The average Bonchev–Trinajstić information content (AvgIpc) is 3.82. The number of benzene rings is 1. The Morgan fingerprint density at radius 3 is 2.39 bits per heavy atom. The molecule has 9 heteroatoms. The van der Waals surface area contributed by atoms with Gasteiger partial charge in [-0.3, -0.25) is 19.3 Å². The number of amides is 3. The highest BCUT2D eigenvalue weighted by molar-refractivity contribution is 6.00. The molecule has 2 saturated heterocycles. The van der Waals surface area contributed by atoms with E-state index >= 15 is 0 Å². The van der Waals surface area contributed by atoms with E-state index in [0.29, 0.717) is 56.7 Å². The van der Waals surface area contributed by atoms with Gasteiger partial charge in [-0.2, -0.15) is 0 Å². The molecule has 1 aromatic rings. The molecule has 2 aliphatic carbocycles. The number of carbonyl (C=O) groups excluding carboxylic acids is 3. The van der Waals surface area contributed by atoms with Crippen LogP contribution >= 0.6 is 0 Å². The summed E-state index contributed by atoms with van der Waals surface area (Å²) in [4.78, 5) is 43.9. The van der Waals surface area contributed by atoms with E-state index in [2.05, 4.69) is 22.5 Å². The Morgan fingerprint density at radius 2 is 1.78 bits per heavy atom. The standard InChI is InChI=1S/C32H48N4O5/c1-3-4-18-36-29(38)26(21-31(40)14-6-5-7-15-31)34-30(39)32(36)16-19-35(20-17-32)27(23-8-9-23)22-41-25-12-10-24(11-13-25)28(37)33-2/h10-13,23,26-27,40H,3-9,14-22H2,1-2H3,(H,33,37)(H,34,39)/t26-,27+/m1/s1. The zero-order valence-electron chi connectivity index (χ0n) is 24.8. The van der Waals surface area contributed by atoms with Gasteiger partial charge in [0.05, 0.1) is 5.60 Å². The monoisotopic (exact) mass is 568 g/mol. The quantitative estimate of drug-likeness (QED) is 0.378. The van der Waals surface area contributed by atoms with Crippen molar-refractivity contribution in [1.82, 2.24) is 20.4 Å². The second kappa shape index (κ2) is 12.7. The maximum Gasteiger partial charge on any atom is 0.251 e. The van der Waals surface area contributed by atoms with Crippen molar-refractivity contribution < 1.29 is 24.2 Å². The molecule has 2 aliphatic heterocycles. The molecule has 9 nitrogen and oxygen atoms in total. The summed E-state index contributed by atoms with van der Waals surface area (Å²) >= 11 is 0. The van der Waals surface area contributed by atoms with Crippen molar-refractivity contribution in [1.29, 1.82) is 0 Å². The third kappa shape index (κ3) is 6.56. The molecule has 2 saturated carbocycles. The van der Waals surface area contributed by atoms with Gasteiger partial charge in [-0.05, 0) is 75.1 Å². The van der Waals surface area contributed by atoms with E-state index in [1.807, 2.05) is 17.0 Å². The van der Waals surface area contributed by atoms with Gasteiger partial charge in [-0.1, -0.05) is 32.6 Å². The lowest BCUT2D eigenvalue weighted by Gasteiger charge is -2.53. The van der Waals surface area contributed by atoms with Gasteiger partial charge >= 0.3 is 0 Å². The highest BCUT2D eigenvalue weighted by Gasteiger charge is 2.55. The van der Waals surface area contributed by atoms with Crippen LogP contribution in [0.1, 0.15) is 94.3 Å². The molecule has 1 spiro atoms. The van der Waals surface area contributed by atoms with Crippen LogP contribution in [0.25, 0.3) is 0 Å². The van der Waals surface area contributed by atoms with Crippen LogP contribution in [-0.2, 0) is 9.59 Å². The summed E-state index contributed by atoms with van der Waals surface area (Å²) in [6.07, 6.45) is 10.1. The third-order valence-electron chi connectivity index (χ3n) is 9.94. The predicted octanol–water partition coefficient (Wildman–Crippen LogP) is 3.25. The lowest BCUT2D eigenvalue weighted by Crippen LogP contribution is -2.73. The number of carbonyl (C=O) groups is 3. The molecule has 4 aliphatic rings. The minimum atomic E-state index is -0.865. The molecular weight excluding hydrogens is 520 g/mol. The SMILES string of the molecule is CCCCN1C(=O)[C@@H](CC2(O)CCCCC2)NC(=O)C12CCN([C@@H](COc1ccc(C(=O)NC)cc1)C1CC1)CC2. The number of unbranched alkanes of at least 4 members (excludes halogenated alkanes) is 1. The van der Waals surface area contributed by atoms with Crippen LogP contribution < -0.4 is 15.4 Å². The number of hydrogen-bond acceptors (Lipinski definition) is 6. The van der Waals surface area contributed by atoms with Crippen LogP contribution in [-0.4, -0.2) is 89.1 Å². The first-order chi connectivity index (χ1) is 19.8. The number of piperazine rings is 1. The highest BCUT2D eigenvalue weighted by Crippen LogP contribution is 2.41. The fourth-order valence-corrected chi connectivity index (χ4v) is 7.22. The van der Waals surface area contributed by atoms with Crippen molar-refractivity contribution in [2.24, 2.45) is 5.92 Å². The van der Waals surface area contributed by atoms with Crippen molar-refractivity contribution in [2.75, 3.05) is 33.3 Å². The van der Waals surface area contributed by atoms with Gasteiger partial charge in [0, 0.05) is 44.7 Å². The maximum absolute atomic E-state index is 13.9. The molecule has 2 atom stereocenters. The number of nitrogens with zero attached hydrogens (tertiary/aromatic N) is 2. The summed E-state index contributed by atoms with van der Waals surface area (Å²) in [5.41, 5.74) is -1.09. The molecule has 0 bridgehead atoms. The first-order valence-corrected chi connectivity index (χ1v) is 15.8. The molecule has 3 N–H and O–H groups in total. The molecule has 226 valence electrons. The van der Waals surface area contributed by atoms with Crippen molar-refractivity contribution in [3.05, 3.63) is 29.8 Å². The Morgan fingerprint density at radius 1 is 1.10 bits per heavy atom. The Hall–Kier alpha value is -2.65. The smallest absolute Gasteiger partial charge is 0.251 e. The fourth-order valence-electron chi connectivity index (χ4n) is 7.22. The molecule has 2 heterocycles. The first-order valence-electron chi connectivity index (χ1n) is 15.8. The second-order valence-corrected chi connectivity index (χ2v) is 12.7. The molecular formula is C32H48N4O5. The summed E-state index contributed by atoms with van der Waals surface area (Å²) in [5.74, 6) is 1.13. The van der Waals surface area contributed by atoms with Crippen molar-refractivity contribution >= 4 is 17.7 Å². The second-order valence-electron chi connectivity index (χ2n) is 12.7. The topological polar surface area (TPSA) is 111 Å². The van der Waals surface area contributed by atoms with Crippen molar-refractivity contribution in [2.45, 2.75) is 107 Å². The molecule has 4 fully saturated rings. The molecule has 5 rings (SSSR count). The number of likely N-dealkylation sites (tertiary alicyclic amines) is 1. The number of aliphatic hydroxyl groups is 1. The molecule has 0 unspecified atom stereocenters. The Bertz CT molecular complexity index is 1070. The molecule has 0 aromatic heterocycles. The van der Waals surface area contributed by atoms with Gasteiger partial charge in [-0.25, -0.2) is 0 Å². The number of rotatable bonds is 11. The molecule has 41 heavy (non-hydrogen) atoms. The zero-order chi connectivity index (χ0) is 29.0. The summed E-state index contributed by atoms with van der Waals surface area (Å²) < 4.78 is 6.20. The Balaban J connectivity index is 1.24. The van der Waals surface area contributed by atoms with Gasteiger partial charge in [-0.15, -0.1) is 0 Å². The van der Waals surface area contributed by atoms with Gasteiger partial charge in [0.25, 0.3) is 5.91 Å². The summed E-state index contributed by atoms with van der Waals surface area (Å²) in [5, 5.41) is 16.9. The van der Waals surface area contributed by atoms with Crippen LogP contribution in [0.4, 0.5) is 0 Å². The van der Waals surface area contributed by atoms with Gasteiger partial charge in [0.15, 0.2) is 0 Å². The number of piperidine rings is 1. The van der Waals surface area contributed by atoms with Crippen molar-refractivity contribution in [3.63, 3.8) is 0 Å². The van der Waals surface area contributed by atoms with E-state index in [1.165, 1.54) is 12.8 Å². The number of hydrogen-bond donors (Lipinski definition) is 3. The summed E-state index contributed by atoms with van der Waals surface area (Å²) in [6.45, 7) is 4.72. The van der Waals surface area contributed by atoms with Gasteiger partial charge in [0.2, 0.25) is 11.8 Å². The van der Waals surface area contributed by atoms with E-state index in [4.69, 9.17) is 4.74 Å². The minimum absolute atomic E-state index is 0.0206. The van der Waals surface area contributed by atoms with Crippen LogP contribution in [0.3, 0.4) is 0 Å². The largest absolute Gasteiger partial charge is 0.492 e. The van der Waals surface area contributed by atoms with Gasteiger partial charge < -0.3 is 25.4 Å². The molecule has 1 aromatic carbocycles. The summed E-state index contributed by atoms with van der Waals surface area (Å²) in [7, 11) is 1.62. The molecule has 0 radical (unpaired) electrons. The lowest BCUT2D eigenvalue weighted by molar-refractivity contribution is -0.164. The van der Waals surface area contributed by atoms with E-state index in [1.54, 1.807) is 19.2 Å². The zero-order valence-corrected chi connectivity index (χ0v) is 24.8. The fraction of sp³-hybridized carbons (Fsp3) is 0.719. The average molecular weight is 569 g/mol. The first kappa shape index (κ1) is 29.8. The van der Waals surface area contributed by atoms with E-state index in [9.17, 15) is 19.5 Å². The van der Waals surface area contributed by atoms with E-state index < -0.39 is 17.2 Å². The molecule has 3 amide bonds. The lowest BCUT2D eigenvalue weighted by atomic mass is 9.77. The van der Waals surface area contributed by atoms with Crippen molar-refractivity contribution in [3.8, 4) is 5.75 Å². The minimum Gasteiger partial charge on any atom is -0.492 e. The highest BCUT2D eigenvalue weighted by atomic mass is 16.5. The summed E-state index contributed by atoms with van der Waals surface area (Å²) in [6, 6.07) is 6.83. The van der Waals surface area contributed by atoms with Crippen LogP contribution in [0.5, 0.6) is 5.75 Å². The van der Waals surface area contributed by atoms with E-state index in [-0.39, 0.29) is 23.8 Å². The van der Waals surface area contributed by atoms with Crippen LogP contribution in [0, 0.1) is 5.92 Å². The predicted molar refractivity (Wildman–Crippen MR) is 157 cm³/mol. The van der Waals surface area contributed by atoms with Gasteiger partial charge in [0.1, 0.15) is 23.9 Å². The van der Waals surface area contributed by atoms with Crippen LogP contribution in [0.2, 0.25) is 0 Å². The Kier molecular flexibility index (Phi) is 9.24. The normalized spacial score (nSPS) is 25.0. The number of nitrogens with one attached hydrogen (secondary N) is 2. The Labute approximate surface area is 244 Å². The van der Waals surface area contributed by atoms with E-state index in [0.717, 1.165) is 50.9 Å². The number of ether oxygens (including phenoxy) is 1. The van der Waals surface area contributed by atoms with Crippen LogP contribution in [0.15, 0.2) is 24.3 Å². The maximum atomic E-state index is 13.9. The third-order valence-corrected chi connectivity index (χ3v) is 9.94.